The zero-order valence-corrected chi connectivity index (χ0v) is 8.91. The van der Waals surface area contributed by atoms with Crippen LogP contribution in [0.2, 0.25) is 0 Å². The number of ether oxygens (including phenoxy) is 1. The molecule has 0 heterocycles. The fourth-order valence-electron chi connectivity index (χ4n) is 0.986. The molecular weight excluding hydrogens is 216 g/mol. The Morgan fingerprint density at radius 1 is 1.38 bits per heavy atom. The molecule has 0 spiro atoms. The molecular formula is C11H11F2NO2. The van der Waals surface area contributed by atoms with E-state index < -0.39 is 12.2 Å². The molecule has 16 heavy (non-hydrogen) atoms. The van der Waals surface area contributed by atoms with Crippen LogP contribution in [-0.4, -0.2) is 25.1 Å². The molecule has 0 bridgehead atoms. The van der Waals surface area contributed by atoms with E-state index in [4.69, 9.17) is 4.74 Å². The van der Waals surface area contributed by atoms with E-state index in [-0.39, 0.29) is 11.3 Å². The number of rotatable bonds is 2. The summed E-state index contributed by atoms with van der Waals surface area (Å²) in [5.74, 6) is 0.230. The van der Waals surface area contributed by atoms with E-state index in [1.165, 1.54) is 43.3 Å². The molecule has 1 aromatic rings. The van der Waals surface area contributed by atoms with Gasteiger partial charge in [0.2, 0.25) is 0 Å². The Labute approximate surface area is 91.9 Å². The molecule has 3 nitrogen and oxygen atoms in total. The summed E-state index contributed by atoms with van der Waals surface area (Å²) in [6.45, 7) is 0. The summed E-state index contributed by atoms with van der Waals surface area (Å²) in [7, 11) is 3.07. The van der Waals surface area contributed by atoms with Crippen LogP contribution in [0.1, 0.15) is 5.56 Å². The van der Waals surface area contributed by atoms with E-state index in [1.807, 2.05) is 0 Å². The molecule has 1 aromatic carbocycles. The minimum absolute atomic E-state index is 0.230. The van der Waals surface area contributed by atoms with Crippen LogP contribution in [0.15, 0.2) is 30.3 Å². The number of carbonyl (C=O) groups excluding carboxylic acids is 1. The lowest BCUT2D eigenvalue weighted by Crippen LogP contribution is -2.25. The van der Waals surface area contributed by atoms with Gasteiger partial charge < -0.3 is 9.64 Å². The predicted octanol–water partition coefficient (Wildman–Crippen LogP) is 2.98. The normalized spacial score (nSPS) is 9.50. The van der Waals surface area contributed by atoms with Crippen LogP contribution in [0.25, 0.3) is 6.08 Å². The van der Waals surface area contributed by atoms with Crippen LogP contribution < -0.4 is 4.74 Å². The van der Waals surface area contributed by atoms with Crippen molar-refractivity contribution in [1.29, 1.82) is 0 Å². The first kappa shape index (κ1) is 12.2. The van der Waals surface area contributed by atoms with Crippen LogP contribution in [0.3, 0.4) is 0 Å². The first-order valence-corrected chi connectivity index (χ1v) is 4.51. The Kier molecular flexibility index (Phi) is 3.99. The van der Waals surface area contributed by atoms with E-state index in [0.29, 0.717) is 6.08 Å². The molecule has 0 saturated heterocycles. The second-order valence-electron chi connectivity index (χ2n) is 3.27. The van der Waals surface area contributed by atoms with Gasteiger partial charge in [0.25, 0.3) is 6.08 Å². The highest BCUT2D eigenvalue weighted by Gasteiger charge is 2.06. The highest BCUT2D eigenvalue weighted by atomic mass is 19.3. The van der Waals surface area contributed by atoms with Gasteiger partial charge in [-0.15, -0.1) is 0 Å². The van der Waals surface area contributed by atoms with Crippen molar-refractivity contribution in [3.8, 4) is 5.75 Å². The molecule has 0 aliphatic carbocycles. The van der Waals surface area contributed by atoms with Gasteiger partial charge in [0, 0.05) is 20.2 Å². The molecule has 0 atom stereocenters. The smallest absolute Gasteiger partial charge is 0.410 e. The average molecular weight is 227 g/mol. The van der Waals surface area contributed by atoms with Crippen LogP contribution in [0.4, 0.5) is 13.6 Å². The Morgan fingerprint density at radius 2 is 2.06 bits per heavy atom. The molecule has 1 rings (SSSR count). The van der Waals surface area contributed by atoms with Crippen LogP contribution in [0.5, 0.6) is 5.75 Å². The third-order valence-corrected chi connectivity index (χ3v) is 1.70. The van der Waals surface area contributed by atoms with Gasteiger partial charge in [0.05, 0.1) is 0 Å². The average Bonchev–Trinajstić information content (AvgIpc) is 2.16. The van der Waals surface area contributed by atoms with Crippen molar-refractivity contribution in [2.24, 2.45) is 0 Å². The molecule has 5 heteroatoms. The number of halogens is 2. The molecule has 86 valence electrons. The maximum Gasteiger partial charge on any atom is 0.414 e. The Morgan fingerprint density at radius 3 is 2.62 bits per heavy atom. The number of nitrogens with zero attached hydrogens (tertiary/aromatic N) is 1. The highest BCUT2D eigenvalue weighted by molar-refractivity contribution is 5.70. The van der Waals surface area contributed by atoms with Crippen molar-refractivity contribution in [3.63, 3.8) is 0 Å². The third-order valence-electron chi connectivity index (χ3n) is 1.70. The van der Waals surface area contributed by atoms with Gasteiger partial charge in [0.1, 0.15) is 5.75 Å². The number of amides is 1. The topological polar surface area (TPSA) is 29.5 Å². The molecule has 0 radical (unpaired) electrons. The van der Waals surface area contributed by atoms with Crippen molar-refractivity contribution >= 4 is 12.2 Å². The van der Waals surface area contributed by atoms with Gasteiger partial charge in [-0.3, -0.25) is 0 Å². The lowest BCUT2D eigenvalue weighted by molar-refractivity contribution is 0.172. The molecule has 0 aliphatic rings. The van der Waals surface area contributed by atoms with Gasteiger partial charge in [-0.05, 0) is 17.7 Å². The molecule has 0 fully saturated rings. The quantitative estimate of drug-likeness (QED) is 0.777. The molecule has 0 saturated carbocycles. The first-order valence-electron chi connectivity index (χ1n) is 4.51. The Balaban J connectivity index is 2.83. The Hall–Kier alpha value is -1.91. The summed E-state index contributed by atoms with van der Waals surface area (Å²) in [4.78, 5) is 12.4. The van der Waals surface area contributed by atoms with Gasteiger partial charge in [-0.2, -0.15) is 8.78 Å². The number of benzene rings is 1. The molecule has 0 unspecified atom stereocenters. The summed E-state index contributed by atoms with van der Waals surface area (Å²) in [6, 6.07) is 5.91. The standard InChI is InChI=1S/C11H11F2NO2/c1-14(2)11(15)16-9-5-3-4-8(6-9)7-10(12)13/h3-7H,1-2H3. The van der Waals surface area contributed by atoms with Gasteiger partial charge >= 0.3 is 6.09 Å². The van der Waals surface area contributed by atoms with Gasteiger partial charge in [0.15, 0.2) is 0 Å². The minimum atomic E-state index is -1.80. The number of hydrogen-bond acceptors (Lipinski definition) is 2. The SMILES string of the molecule is CN(C)C(=O)Oc1cccc(C=C(F)F)c1. The largest absolute Gasteiger partial charge is 0.414 e. The third kappa shape index (κ3) is 3.68. The van der Waals surface area contributed by atoms with Crippen LogP contribution in [0, 0.1) is 0 Å². The second kappa shape index (κ2) is 5.25. The summed E-state index contributed by atoms with van der Waals surface area (Å²) < 4.78 is 28.9. The Bertz CT molecular complexity index is 412. The fourth-order valence-corrected chi connectivity index (χ4v) is 0.986. The highest BCUT2D eigenvalue weighted by Crippen LogP contribution is 2.17. The predicted molar refractivity (Wildman–Crippen MR) is 56.3 cm³/mol. The minimum Gasteiger partial charge on any atom is -0.410 e. The van der Waals surface area contributed by atoms with Crippen LogP contribution in [-0.2, 0) is 0 Å². The fraction of sp³-hybridized carbons (Fsp3) is 0.182. The van der Waals surface area contributed by atoms with Crippen LogP contribution >= 0.6 is 0 Å². The number of carbonyl (C=O) groups is 1. The maximum atomic E-state index is 12.0. The molecule has 0 aromatic heterocycles. The second-order valence-corrected chi connectivity index (χ2v) is 3.27. The molecule has 1 amide bonds. The van der Waals surface area contributed by atoms with Crippen molar-refractivity contribution in [3.05, 3.63) is 35.9 Å². The first-order chi connectivity index (χ1) is 7.49. The van der Waals surface area contributed by atoms with Crippen molar-refractivity contribution in [2.75, 3.05) is 14.1 Å². The molecule has 0 N–H and O–H groups in total. The van der Waals surface area contributed by atoms with Crippen molar-refractivity contribution in [1.82, 2.24) is 4.90 Å². The maximum absolute atomic E-state index is 12.0. The van der Waals surface area contributed by atoms with Crippen molar-refractivity contribution < 1.29 is 18.3 Å². The van der Waals surface area contributed by atoms with E-state index in [2.05, 4.69) is 0 Å². The number of hydrogen-bond donors (Lipinski definition) is 0. The lowest BCUT2D eigenvalue weighted by Gasteiger charge is -2.10. The van der Waals surface area contributed by atoms with E-state index >= 15 is 0 Å². The zero-order valence-electron chi connectivity index (χ0n) is 8.91. The lowest BCUT2D eigenvalue weighted by atomic mass is 10.2. The molecule has 0 aliphatic heterocycles. The van der Waals surface area contributed by atoms with Gasteiger partial charge in [-0.1, -0.05) is 12.1 Å². The zero-order chi connectivity index (χ0) is 12.1. The van der Waals surface area contributed by atoms with E-state index in [0.717, 1.165) is 0 Å². The van der Waals surface area contributed by atoms with E-state index in [9.17, 15) is 13.6 Å². The summed E-state index contributed by atoms with van der Waals surface area (Å²) in [5.41, 5.74) is 0.282. The summed E-state index contributed by atoms with van der Waals surface area (Å²) in [6.07, 6.45) is -1.65. The van der Waals surface area contributed by atoms with Gasteiger partial charge in [-0.25, -0.2) is 4.79 Å². The van der Waals surface area contributed by atoms with Crippen molar-refractivity contribution in [2.45, 2.75) is 0 Å². The van der Waals surface area contributed by atoms with E-state index in [1.54, 1.807) is 0 Å². The summed E-state index contributed by atoms with van der Waals surface area (Å²) >= 11 is 0. The monoisotopic (exact) mass is 227 g/mol. The summed E-state index contributed by atoms with van der Waals surface area (Å²) in [5, 5.41) is 0.